The molecule has 1 saturated carbocycles. The van der Waals surface area contributed by atoms with Gasteiger partial charge in [-0.25, -0.2) is 0 Å². The van der Waals surface area contributed by atoms with Gasteiger partial charge in [0.2, 0.25) is 5.91 Å². The molecule has 1 aliphatic heterocycles. The number of carbonyl (C=O) groups is 3. The van der Waals surface area contributed by atoms with Gasteiger partial charge in [0, 0.05) is 24.8 Å². The van der Waals surface area contributed by atoms with Crippen LogP contribution in [-0.4, -0.2) is 68.6 Å². The van der Waals surface area contributed by atoms with Gasteiger partial charge in [-0.1, -0.05) is 0 Å². The number of halogens is 2. The summed E-state index contributed by atoms with van der Waals surface area (Å²) in [6, 6.07) is 2.81. The first-order valence-corrected chi connectivity index (χ1v) is 9.53. The second kappa shape index (κ2) is 9.35. The predicted molar refractivity (Wildman–Crippen MR) is 103 cm³/mol. The summed E-state index contributed by atoms with van der Waals surface area (Å²) in [6.45, 7) is -2.31. The van der Waals surface area contributed by atoms with Gasteiger partial charge in [0.1, 0.15) is 6.61 Å². The van der Waals surface area contributed by atoms with Crippen LogP contribution in [0.2, 0.25) is 0 Å². The summed E-state index contributed by atoms with van der Waals surface area (Å²) in [7, 11) is 1.63. The van der Waals surface area contributed by atoms with E-state index in [0.29, 0.717) is 12.5 Å². The third-order valence-corrected chi connectivity index (χ3v) is 4.92. The van der Waals surface area contributed by atoms with Gasteiger partial charge in [0.05, 0.1) is 12.3 Å². The van der Waals surface area contributed by atoms with Crippen LogP contribution in [0.25, 0.3) is 0 Å². The first kappa shape index (κ1) is 21.9. The Hall–Kier alpha value is -2.79. The van der Waals surface area contributed by atoms with Crippen molar-refractivity contribution < 1.29 is 32.6 Å². The largest absolute Gasteiger partial charge is 0.433 e. The van der Waals surface area contributed by atoms with Gasteiger partial charge >= 0.3 is 6.61 Å². The van der Waals surface area contributed by atoms with Crippen molar-refractivity contribution in [1.29, 1.82) is 0 Å². The lowest BCUT2D eigenvalue weighted by atomic mass is 10.2. The number of likely N-dealkylation sites (N-methyl/N-ethyl adjacent to an activating group) is 1. The van der Waals surface area contributed by atoms with Crippen molar-refractivity contribution in [3.8, 4) is 5.75 Å². The van der Waals surface area contributed by atoms with Crippen LogP contribution in [0.5, 0.6) is 5.75 Å². The van der Waals surface area contributed by atoms with Crippen LogP contribution in [0.15, 0.2) is 18.2 Å². The Morgan fingerprint density at radius 1 is 1.40 bits per heavy atom. The number of amides is 3. The molecule has 0 radical (unpaired) electrons. The molecule has 0 bridgehead atoms. The fourth-order valence-corrected chi connectivity index (χ4v) is 3.35. The van der Waals surface area contributed by atoms with Crippen molar-refractivity contribution in [1.82, 2.24) is 4.90 Å². The van der Waals surface area contributed by atoms with Crippen molar-refractivity contribution in [3.63, 3.8) is 0 Å². The van der Waals surface area contributed by atoms with E-state index >= 15 is 0 Å². The Morgan fingerprint density at radius 3 is 2.73 bits per heavy atom. The Kier molecular flexibility index (Phi) is 6.83. The summed E-state index contributed by atoms with van der Waals surface area (Å²) in [6.07, 6.45) is 2.07. The van der Waals surface area contributed by atoms with E-state index in [1.54, 1.807) is 11.9 Å². The molecule has 1 saturated heterocycles. The molecule has 3 amide bonds. The van der Waals surface area contributed by atoms with Crippen molar-refractivity contribution in [3.05, 3.63) is 18.2 Å². The highest BCUT2D eigenvalue weighted by Gasteiger charge is 2.33. The van der Waals surface area contributed by atoms with Gasteiger partial charge < -0.3 is 25.4 Å². The van der Waals surface area contributed by atoms with Gasteiger partial charge in [-0.3, -0.25) is 19.3 Å². The smallest absolute Gasteiger partial charge is 0.387 e. The van der Waals surface area contributed by atoms with Gasteiger partial charge in [-0.2, -0.15) is 8.78 Å². The van der Waals surface area contributed by atoms with E-state index in [0.717, 1.165) is 12.8 Å². The Bertz CT molecular complexity index is 818. The van der Waals surface area contributed by atoms with Crippen LogP contribution in [0.4, 0.5) is 20.2 Å². The Morgan fingerprint density at radius 2 is 2.13 bits per heavy atom. The quantitative estimate of drug-likeness (QED) is 0.565. The molecule has 164 valence electrons. The number of hydrogen-bond acceptors (Lipinski definition) is 6. The zero-order chi connectivity index (χ0) is 21.8. The number of carbonyl (C=O) groups excluding carboxylic acids is 3. The maximum atomic E-state index is 12.9. The van der Waals surface area contributed by atoms with Crippen LogP contribution < -0.4 is 20.7 Å². The fraction of sp³-hybridized carbons (Fsp3) is 0.526. The van der Waals surface area contributed by atoms with Crippen LogP contribution in [0, 0.1) is 5.92 Å². The number of nitrogens with one attached hydrogen (secondary N) is 1. The molecular formula is C19H24F2N4O5. The molecule has 1 aromatic carbocycles. The lowest BCUT2D eigenvalue weighted by Crippen LogP contribution is -2.51. The Balaban J connectivity index is 1.79. The molecule has 2 fully saturated rings. The highest BCUT2D eigenvalue weighted by Crippen LogP contribution is 2.34. The molecule has 0 unspecified atom stereocenters. The predicted octanol–water partition coefficient (Wildman–Crippen LogP) is 0.785. The number of hydrogen-bond donors (Lipinski definition) is 2. The number of rotatable bonds is 9. The average Bonchev–Trinajstić information content (AvgIpc) is 3.46. The summed E-state index contributed by atoms with van der Waals surface area (Å²) in [5.74, 6) is -1.73. The van der Waals surface area contributed by atoms with Gasteiger partial charge in [0.25, 0.3) is 11.8 Å². The maximum absolute atomic E-state index is 12.9. The molecule has 2 aliphatic rings. The van der Waals surface area contributed by atoms with E-state index in [4.69, 9.17) is 10.5 Å². The maximum Gasteiger partial charge on any atom is 0.387 e. The molecule has 1 heterocycles. The highest BCUT2D eigenvalue weighted by molar-refractivity contribution is 6.09. The minimum absolute atomic E-state index is 0.131. The molecule has 0 spiro atoms. The number of morpholine rings is 1. The zero-order valence-electron chi connectivity index (χ0n) is 16.5. The van der Waals surface area contributed by atoms with Gasteiger partial charge in [0.15, 0.2) is 11.8 Å². The monoisotopic (exact) mass is 426 g/mol. The minimum Gasteiger partial charge on any atom is -0.433 e. The first-order chi connectivity index (χ1) is 14.3. The number of primary amides is 1. The molecule has 30 heavy (non-hydrogen) atoms. The standard InChI is InChI=1S/C19H24F2N4O5/c1-24(9-11-2-3-11)16(17(22)27)18(28)23-12-4-5-13(14(8-12)30-19(20)21)25-6-7-29-10-15(25)26/h4-5,8,11,16,19H,2-3,6-7,9-10H2,1H3,(H2,22,27)(H,23,28)/t16-/m0/s1. The van der Waals surface area contributed by atoms with E-state index in [1.165, 1.54) is 23.1 Å². The molecule has 11 heteroatoms. The number of benzene rings is 1. The summed E-state index contributed by atoms with van der Waals surface area (Å²) in [5.41, 5.74) is 5.67. The van der Waals surface area contributed by atoms with Crippen molar-refractivity contribution in [2.24, 2.45) is 11.7 Å². The highest BCUT2D eigenvalue weighted by atomic mass is 19.3. The third-order valence-electron chi connectivity index (χ3n) is 4.92. The van der Waals surface area contributed by atoms with Crippen molar-refractivity contribution in [2.75, 3.05) is 43.6 Å². The van der Waals surface area contributed by atoms with Crippen LogP contribution in [0.1, 0.15) is 12.8 Å². The second-order valence-electron chi connectivity index (χ2n) is 7.34. The molecule has 1 aliphatic carbocycles. The third kappa shape index (κ3) is 5.42. The average molecular weight is 426 g/mol. The topological polar surface area (TPSA) is 114 Å². The van der Waals surface area contributed by atoms with Crippen molar-refractivity contribution in [2.45, 2.75) is 25.5 Å². The SMILES string of the molecule is CN(CC1CC1)[C@@H](C(N)=O)C(=O)Nc1ccc(N2CCOCC2=O)c(OC(F)F)c1. The van der Waals surface area contributed by atoms with E-state index in [1.807, 2.05) is 0 Å². The molecule has 9 nitrogen and oxygen atoms in total. The lowest BCUT2D eigenvalue weighted by Gasteiger charge is -2.29. The molecule has 3 rings (SSSR count). The lowest BCUT2D eigenvalue weighted by molar-refractivity contribution is -0.132. The zero-order valence-corrected chi connectivity index (χ0v) is 16.5. The van der Waals surface area contributed by atoms with Crippen molar-refractivity contribution >= 4 is 29.1 Å². The van der Waals surface area contributed by atoms with E-state index < -0.39 is 30.4 Å². The number of ether oxygens (including phenoxy) is 2. The fourth-order valence-electron chi connectivity index (χ4n) is 3.35. The van der Waals surface area contributed by atoms with Crippen LogP contribution in [0.3, 0.4) is 0 Å². The van der Waals surface area contributed by atoms with E-state index in [2.05, 4.69) is 10.1 Å². The number of nitrogens with two attached hydrogens (primary N) is 1. The Labute approximate surface area is 172 Å². The van der Waals surface area contributed by atoms with Crippen LogP contribution >= 0.6 is 0 Å². The number of anilines is 2. The summed E-state index contributed by atoms with van der Waals surface area (Å²) in [5, 5.41) is 2.52. The molecular weight excluding hydrogens is 402 g/mol. The summed E-state index contributed by atoms with van der Waals surface area (Å²) in [4.78, 5) is 39.4. The molecule has 3 N–H and O–H groups in total. The van der Waals surface area contributed by atoms with Crippen LogP contribution in [-0.2, 0) is 19.1 Å². The second-order valence-corrected chi connectivity index (χ2v) is 7.34. The number of alkyl halides is 2. The van der Waals surface area contributed by atoms with E-state index in [-0.39, 0.29) is 36.9 Å². The normalized spacial score (nSPS) is 17.9. The summed E-state index contributed by atoms with van der Waals surface area (Å²) < 4.78 is 35.5. The number of nitrogens with zero attached hydrogens (tertiary/aromatic N) is 2. The van der Waals surface area contributed by atoms with Gasteiger partial charge in [-0.05, 0) is 37.9 Å². The van der Waals surface area contributed by atoms with E-state index in [9.17, 15) is 23.2 Å². The minimum atomic E-state index is -3.13. The van der Waals surface area contributed by atoms with Gasteiger partial charge in [-0.15, -0.1) is 0 Å². The molecule has 1 atom stereocenters. The molecule has 0 aromatic heterocycles. The first-order valence-electron chi connectivity index (χ1n) is 9.53. The summed E-state index contributed by atoms with van der Waals surface area (Å²) >= 11 is 0. The molecule has 1 aromatic rings.